The zero-order valence-electron chi connectivity index (χ0n) is 11.1. The van der Waals surface area contributed by atoms with Gasteiger partial charge in [-0.1, -0.05) is 0 Å². The molecule has 1 aliphatic heterocycles. The average Bonchev–Trinajstić information content (AvgIpc) is 2.24. The first-order valence-corrected chi connectivity index (χ1v) is 6.09. The second-order valence-corrected chi connectivity index (χ2v) is 5.35. The van der Waals surface area contributed by atoms with Crippen LogP contribution in [0.15, 0.2) is 0 Å². The van der Waals surface area contributed by atoms with E-state index in [0.29, 0.717) is 26.1 Å². The third-order valence-electron chi connectivity index (χ3n) is 2.47. The monoisotopic (exact) mass is 259 g/mol. The van der Waals surface area contributed by atoms with Crippen LogP contribution < -0.4 is 0 Å². The first-order chi connectivity index (χ1) is 8.28. The van der Waals surface area contributed by atoms with Crippen LogP contribution in [-0.4, -0.2) is 53.5 Å². The van der Waals surface area contributed by atoms with Crippen LogP contribution in [0.1, 0.15) is 33.6 Å². The van der Waals surface area contributed by atoms with E-state index in [4.69, 9.17) is 14.6 Å². The summed E-state index contributed by atoms with van der Waals surface area (Å²) in [6, 6.07) is 0. The van der Waals surface area contributed by atoms with Crippen LogP contribution in [-0.2, 0) is 14.3 Å². The predicted octanol–water partition coefficient (Wildman–Crippen LogP) is 1.49. The molecule has 18 heavy (non-hydrogen) atoms. The van der Waals surface area contributed by atoms with E-state index < -0.39 is 11.6 Å². The van der Waals surface area contributed by atoms with Gasteiger partial charge in [0, 0.05) is 13.0 Å². The molecule has 1 atom stereocenters. The topological polar surface area (TPSA) is 76.1 Å². The number of ether oxygens (including phenoxy) is 2. The zero-order valence-corrected chi connectivity index (χ0v) is 11.1. The normalized spacial score (nSPS) is 20.6. The molecule has 1 rings (SSSR count). The van der Waals surface area contributed by atoms with Crippen LogP contribution in [0.3, 0.4) is 0 Å². The number of aliphatic carboxylic acids is 1. The van der Waals surface area contributed by atoms with Gasteiger partial charge in [-0.2, -0.15) is 0 Å². The molecule has 6 nitrogen and oxygen atoms in total. The Kier molecular flexibility index (Phi) is 4.95. The molecule has 0 unspecified atom stereocenters. The fourth-order valence-electron chi connectivity index (χ4n) is 1.67. The minimum Gasteiger partial charge on any atom is -0.481 e. The van der Waals surface area contributed by atoms with Gasteiger partial charge in [0.15, 0.2) is 0 Å². The van der Waals surface area contributed by atoms with Crippen LogP contribution in [0.25, 0.3) is 0 Å². The Morgan fingerprint density at radius 3 is 2.67 bits per heavy atom. The quantitative estimate of drug-likeness (QED) is 0.831. The van der Waals surface area contributed by atoms with Crippen molar-refractivity contribution in [3.63, 3.8) is 0 Å². The lowest BCUT2D eigenvalue weighted by atomic mass is 10.1. The van der Waals surface area contributed by atoms with Crippen molar-refractivity contribution in [1.29, 1.82) is 0 Å². The van der Waals surface area contributed by atoms with Crippen molar-refractivity contribution in [2.24, 2.45) is 0 Å². The summed E-state index contributed by atoms with van der Waals surface area (Å²) in [5.74, 6) is -0.854. The van der Waals surface area contributed by atoms with Crippen molar-refractivity contribution in [2.45, 2.75) is 45.3 Å². The lowest BCUT2D eigenvalue weighted by molar-refractivity contribution is -0.138. The maximum atomic E-state index is 11.8. The number of carbonyl (C=O) groups excluding carboxylic acids is 1. The van der Waals surface area contributed by atoms with Crippen molar-refractivity contribution >= 4 is 12.1 Å². The van der Waals surface area contributed by atoms with Gasteiger partial charge >= 0.3 is 12.1 Å². The highest BCUT2D eigenvalue weighted by molar-refractivity contribution is 5.68. The van der Waals surface area contributed by atoms with Crippen LogP contribution in [0.5, 0.6) is 0 Å². The SMILES string of the molecule is CC(C)(C)OC(=O)N1CCO[C@H](CCC(=O)O)C1. The van der Waals surface area contributed by atoms with Crippen LogP contribution >= 0.6 is 0 Å². The van der Waals surface area contributed by atoms with E-state index >= 15 is 0 Å². The summed E-state index contributed by atoms with van der Waals surface area (Å²) in [6.45, 7) is 6.73. The number of hydrogen-bond donors (Lipinski definition) is 1. The van der Waals surface area contributed by atoms with Crippen molar-refractivity contribution in [2.75, 3.05) is 19.7 Å². The number of amides is 1. The summed E-state index contributed by atoms with van der Waals surface area (Å²) < 4.78 is 10.7. The molecule has 6 heteroatoms. The van der Waals surface area contributed by atoms with Gasteiger partial charge in [0.05, 0.1) is 19.3 Å². The largest absolute Gasteiger partial charge is 0.481 e. The standard InChI is InChI=1S/C12H21NO5/c1-12(2,3)18-11(16)13-6-7-17-9(8-13)4-5-10(14)15/h9H,4-8H2,1-3H3,(H,14,15)/t9-/m1/s1. The number of nitrogens with zero attached hydrogens (tertiary/aromatic N) is 1. The Bertz CT molecular complexity index is 310. The van der Waals surface area contributed by atoms with Gasteiger partial charge in [-0.15, -0.1) is 0 Å². The predicted molar refractivity (Wildman–Crippen MR) is 64.4 cm³/mol. The Labute approximate surface area is 107 Å². The van der Waals surface area contributed by atoms with E-state index in [1.54, 1.807) is 4.90 Å². The van der Waals surface area contributed by atoms with Crippen molar-refractivity contribution < 1.29 is 24.2 Å². The maximum absolute atomic E-state index is 11.8. The lowest BCUT2D eigenvalue weighted by Gasteiger charge is -2.34. The Morgan fingerprint density at radius 2 is 2.11 bits per heavy atom. The highest BCUT2D eigenvalue weighted by Gasteiger charge is 2.28. The molecule has 0 saturated carbocycles. The molecule has 0 spiro atoms. The molecule has 1 saturated heterocycles. The molecule has 0 radical (unpaired) electrons. The molecule has 1 N–H and O–H groups in total. The third-order valence-corrected chi connectivity index (χ3v) is 2.47. The van der Waals surface area contributed by atoms with Crippen molar-refractivity contribution in [3.8, 4) is 0 Å². The fourth-order valence-corrected chi connectivity index (χ4v) is 1.67. The highest BCUT2D eigenvalue weighted by atomic mass is 16.6. The van der Waals surface area contributed by atoms with Gasteiger partial charge in [-0.05, 0) is 27.2 Å². The number of rotatable bonds is 3. The number of carboxylic acid groups (broad SMARTS) is 1. The van der Waals surface area contributed by atoms with Crippen LogP contribution in [0.4, 0.5) is 4.79 Å². The smallest absolute Gasteiger partial charge is 0.410 e. The van der Waals surface area contributed by atoms with Gasteiger partial charge in [0.1, 0.15) is 5.60 Å². The first-order valence-electron chi connectivity index (χ1n) is 6.09. The van der Waals surface area contributed by atoms with Gasteiger partial charge in [0.25, 0.3) is 0 Å². The second-order valence-electron chi connectivity index (χ2n) is 5.35. The van der Waals surface area contributed by atoms with Crippen molar-refractivity contribution in [1.82, 2.24) is 4.90 Å². The van der Waals surface area contributed by atoms with Gasteiger partial charge in [0.2, 0.25) is 0 Å². The van der Waals surface area contributed by atoms with Crippen molar-refractivity contribution in [3.05, 3.63) is 0 Å². The van der Waals surface area contributed by atoms with Gasteiger partial charge in [-0.3, -0.25) is 4.79 Å². The zero-order chi connectivity index (χ0) is 13.8. The molecule has 0 aromatic rings. The molecule has 1 heterocycles. The van der Waals surface area contributed by atoms with E-state index in [9.17, 15) is 9.59 Å². The third kappa shape index (κ3) is 5.35. The number of morpholine rings is 1. The molecule has 0 bridgehead atoms. The molecule has 0 aromatic heterocycles. The molecule has 1 aliphatic rings. The molecule has 1 amide bonds. The van der Waals surface area contributed by atoms with E-state index in [-0.39, 0.29) is 18.6 Å². The molecular weight excluding hydrogens is 238 g/mol. The number of carboxylic acids is 1. The van der Waals surface area contributed by atoms with Crippen LogP contribution in [0.2, 0.25) is 0 Å². The molecular formula is C12H21NO5. The minimum absolute atomic E-state index is 0.0484. The molecule has 0 aliphatic carbocycles. The number of hydrogen-bond acceptors (Lipinski definition) is 4. The fraction of sp³-hybridized carbons (Fsp3) is 0.833. The summed E-state index contributed by atoms with van der Waals surface area (Å²) in [7, 11) is 0. The Balaban J connectivity index is 2.43. The maximum Gasteiger partial charge on any atom is 0.410 e. The van der Waals surface area contributed by atoms with E-state index in [0.717, 1.165) is 0 Å². The van der Waals surface area contributed by atoms with Crippen LogP contribution in [0, 0.1) is 0 Å². The molecule has 0 aromatic carbocycles. The first kappa shape index (κ1) is 14.8. The minimum atomic E-state index is -0.854. The Morgan fingerprint density at radius 1 is 1.44 bits per heavy atom. The molecule has 1 fully saturated rings. The second kappa shape index (κ2) is 6.04. The van der Waals surface area contributed by atoms with Gasteiger partial charge in [-0.25, -0.2) is 4.79 Å². The highest BCUT2D eigenvalue weighted by Crippen LogP contribution is 2.15. The van der Waals surface area contributed by atoms with E-state index in [2.05, 4.69) is 0 Å². The van der Waals surface area contributed by atoms with E-state index in [1.807, 2.05) is 20.8 Å². The average molecular weight is 259 g/mol. The summed E-state index contributed by atoms with van der Waals surface area (Å²) in [5, 5.41) is 8.61. The lowest BCUT2D eigenvalue weighted by Crippen LogP contribution is -2.47. The Hall–Kier alpha value is -1.30. The summed E-state index contributed by atoms with van der Waals surface area (Å²) in [4.78, 5) is 23.9. The summed E-state index contributed by atoms with van der Waals surface area (Å²) in [6.07, 6.45) is -0.130. The summed E-state index contributed by atoms with van der Waals surface area (Å²) >= 11 is 0. The number of carbonyl (C=O) groups is 2. The van der Waals surface area contributed by atoms with E-state index in [1.165, 1.54) is 0 Å². The van der Waals surface area contributed by atoms with Gasteiger partial charge < -0.3 is 19.5 Å². The molecule has 104 valence electrons. The summed E-state index contributed by atoms with van der Waals surface area (Å²) in [5.41, 5.74) is -0.522.